The summed E-state index contributed by atoms with van der Waals surface area (Å²) in [5, 5.41) is 0. The fourth-order valence-electron chi connectivity index (χ4n) is 1.94. The molecular formula is C14H9F3N4. The largest absolute Gasteiger partial charge is 0.246 e. The zero-order valence-electron chi connectivity index (χ0n) is 11.2. The normalized spacial score (nSPS) is 11.1. The van der Waals surface area contributed by atoms with Gasteiger partial charge in [0, 0.05) is 11.6 Å². The molecule has 0 bridgehead atoms. The van der Waals surface area contributed by atoms with Gasteiger partial charge in [-0.25, -0.2) is 33.1 Å². The first-order valence-electron chi connectivity index (χ1n) is 6.08. The SMILES string of the molecule is Cc1nc2ncnc(-c3cc(F)c(F)cc3F)c2nc1C. The molecule has 0 spiro atoms. The average Bonchev–Trinajstić information content (AvgIpc) is 2.44. The molecule has 7 heteroatoms. The maximum Gasteiger partial charge on any atom is 0.182 e. The highest BCUT2D eigenvalue weighted by atomic mass is 19.2. The van der Waals surface area contributed by atoms with Gasteiger partial charge >= 0.3 is 0 Å². The summed E-state index contributed by atoms with van der Waals surface area (Å²) in [6, 6.07) is 1.23. The van der Waals surface area contributed by atoms with Gasteiger partial charge in [0.1, 0.15) is 23.4 Å². The molecule has 0 atom stereocenters. The number of fused-ring (bicyclic) bond motifs is 1. The van der Waals surface area contributed by atoms with E-state index in [1.165, 1.54) is 6.33 Å². The molecule has 3 rings (SSSR count). The quantitative estimate of drug-likeness (QED) is 0.646. The van der Waals surface area contributed by atoms with Crippen molar-refractivity contribution in [1.82, 2.24) is 19.9 Å². The maximum atomic E-state index is 13.9. The molecule has 3 aromatic rings. The molecule has 4 nitrogen and oxygen atoms in total. The molecule has 0 unspecified atom stereocenters. The van der Waals surface area contributed by atoms with Gasteiger partial charge in [-0.1, -0.05) is 0 Å². The highest BCUT2D eigenvalue weighted by Gasteiger charge is 2.17. The van der Waals surface area contributed by atoms with Crippen molar-refractivity contribution in [1.29, 1.82) is 0 Å². The van der Waals surface area contributed by atoms with Gasteiger partial charge in [-0.2, -0.15) is 0 Å². The van der Waals surface area contributed by atoms with Gasteiger partial charge in [0.25, 0.3) is 0 Å². The number of aromatic nitrogens is 4. The third kappa shape index (κ3) is 2.20. The first kappa shape index (κ1) is 13.4. The minimum atomic E-state index is -1.26. The molecule has 0 aliphatic heterocycles. The summed E-state index contributed by atoms with van der Waals surface area (Å²) in [6.07, 6.45) is 1.18. The molecule has 2 aromatic heterocycles. The van der Waals surface area contributed by atoms with Crippen molar-refractivity contribution >= 4 is 11.2 Å². The van der Waals surface area contributed by atoms with E-state index in [1.54, 1.807) is 13.8 Å². The molecule has 2 heterocycles. The average molecular weight is 290 g/mol. The van der Waals surface area contributed by atoms with Gasteiger partial charge in [-0.15, -0.1) is 0 Å². The van der Waals surface area contributed by atoms with Crippen LogP contribution in [0.15, 0.2) is 18.5 Å². The third-order valence-corrected chi connectivity index (χ3v) is 3.14. The van der Waals surface area contributed by atoms with E-state index in [-0.39, 0.29) is 22.4 Å². The van der Waals surface area contributed by atoms with E-state index in [9.17, 15) is 13.2 Å². The molecule has 0 radical (unpaired) electrons. The predicted molar refractivity (Wildman–Crippen MR) is 69.9 cm³/mol. The van der Waals surface area contributed by atoms with Crippen molar-refractivity contribution in [3.8, 4) is 11.3 Å². The number of hydrogen-bond donors (Lipinski definition) is 0. The summed E-state index contributed by atoms with van der Waals surface area (Å²) in [5.74, 6) is -3.34. The lowest BCUT2D eigenvalue weighted by Crippen LogP contribution is -2.00. The Hall–Kier alpha value is -2.57. The number of rotatable bonds is 1. The van der Waals surface area contributed by atoms with Gasteiger partial charge < -0.3 is 0 Å². The second-order valence-corrected chi connectivity index (χ2v) is 4.54. The Labute approximate surface area is 117 Å². The van der Waals surface area contributed by atoms with Crippen LogP contribution in [0.4, 0.5) is 13.2 Å². The molecular weight excluding hydrogens is 281 g/mol. The molecule has 106 valence electrons. The minimum absolute atomic E-state index is 0.0759. The Morgan fingerprint density at radius 2 is 1.48 bits per heavy atom. The zero-order valence-corrected chi connectivity index (χ0v) is 11.2. The molecule has 0 aliphatic rings. The van der Waals surface area contributed by atoms with Crippen LogP contribution in [0.5, 0.6) is 0 Å². The van der Waals surface area contributed by atoms with Crippen molar-refractivity contribution in [2.75, 3.05) is 0 Å². The van der Waals surface area contributed by atoms with E-state index in [4.69, 9.17) is 0 Å². The van der Waals surface area contributed by atoms with Crippen molar-refractivity contribution in [2.45, 2.75) is 13.8 Å². The molecule has 0 amide bonds. The Morgan fingerprint density at radius 1 is 0.810 bits per heavy atom. The summed E-state index contributed by atoms with van der Waals surface area (Å²) in [4.78, 5) is 16.4. The van der Waals surface area contributed by atoms with Crippen LogP contribution in [0.3, 0.4) is 0 Å². The second-order valence-electron chi connectivity index (χ2n) is 4.54. The maximum absolute atomic E-state index is 13.9. The number of nitrogens with zero attached hydrogens (tertiary/aromatic N) is 4. The highest BCUT2D eigenvalue weighted by molar-refractivity contribution is 5.86. The number of hydrogen-bond acceptors (Lipinski definition) is 4. The number of benzene rings is 1. The molecule has 0 saturated carbocycles. The standard InChI is InChI=1S/C14H9F3N4/c1-6-7(2)21-14-13(20-6)12(18-5-19-14)8-3-10(16)11(17)4-9(8)15/h3-5H,1-2H3. The van der Waals surface area contributed by atoms with Gasteiger partial charge in [-0.3, -0.25) is 0 Å². The molecule has 1 aromatic carbocycles. The van der Waals surface area contributed by atoms with E-state index >= 15 is 0 Å². The lowest BCUT2D eigenvalue weighted by atomic mass is 10.1. The van der Waals surface area contributed by atoms with Crippen molar-refractivity contribution in [3.05, 3.63) is 47.3 Å². The Bertz CT molecular complexity index is 864. The van der Waals surface area contributed by atoms with Crippen molar-refractivity contribution in [2.24, 2.45) is 0 Å². The molecule has 0 N–H and O–H groups in total. The third-order valence-electron chi connectivity index (χ3n) is 3.14. The number of halogens is 3. The second kappa shape index (κ2) is 4.76. The van der Waals surface area contributed by atoms with Gasteiger partial charge in [0.15, 0.2) is 17.3 Å². The van der Waals surface area contributed by atoms with E-state index in [0.29, 0.717) is 17.5 Å². The summed E-state index contributed by atoms with van der Waals surface area (Å²) < 4.78 is 40.3. The van der Waals surface area contributed by atoms with Crippen molar-refractivity contribution < 1.29 is 13.2 Å². The Kier molecular flexibility index (Phi) is 3.04. The Morgan fingerprint density at radius 3 is 2.24 bits per heavy atom. The lowest BCUT2D eigenvalue weighted by molar-refractivity contribution is 0.496. The van der Waals surface area contributed by atoms with Gasteiger partial charge in [0.2, 0.25) is 0 Å². The monoisotopic (exact) mass is 290 g/mol. The van der Waals surface area contributed by atoms with Crippen LogP contribution < -0.4 is 0 Å². The fourth-order valence-corrected chi connectivity index (χ4v) is 1.94. The first-order valence-corrected chi connectivity index (χ1v) is 6.08. The van der Waals surface area contributed by atoms with Crippen LogP contribution in [0.25, 0.3) is 22.4 Å². The minimum Gasteiger partial charge on any atom is -0.246 e. The van der Waals surface area contributed by atoms with Crippen LogP contribution in [0.1, 0.15) is 11.4 Å². The summed E-state index contributed by atoms with van der Waals surface area (Å²) in [6.45, 7) is 3.50. The van der Waals surface area contributed by atoms with E-state index in [0.717, 1.165) is 6.07 Å². The van der Waals surface area contributed by atoms with Crippen molar-refractivity contribution in [3.63, 3.8) is 0 Å². The first-order chi connectivity index (χ1) is 9.97. The lowest BCUT2D eigenvalue weighted by Gasteiger charge is -2.07. The van der Waals surface area contributed by atoms with E-state index in [1.807, 2.05) is 0 Å². The molecule has 0 aliphatic carbocycles. The van der Waals surface area contributed by atoms with Crippen LogP contribution in [0.2, 0.25) is 0 Å². The zero-order chi connectivity index (χ0) is 15.1. The molecule has 0 fully saturated rings. The van der Waals surface area contributed by atoms with Crippen LogP contribution >= 0.6 is 0 Å². The summed E-state index contributed by atoms with van der Waals surface area (Å²) >= 11 is 0. The highest BCUT2D eigenvalue weighted by Crippen LogP contribution is 2.27. The molecule has 21 heavy (non-hydrogen) atoms. The topological polar surface area (TPSA) is 51.6 Å². The Balaban J connectivity index is 2.35. The van der Waals surface area contributed by atoms with Crippen LogP contribution in [0, 0.1) is 31.3 Å². The van der Waals surface area contributed by atoms with Gasteiger partial charge in [0.05, 0.1) is 11.4 Å². The summed E-state index contributed by atoms with van der Waals surface area (Å²) in [7, 11) is 0. The number of aryl methyl sites for hydroxylation is 2. The predicted octanol–water partition coefficient (Wildman–Crippen LogP) is 3.12. The fraction of sp³-hybridized carbons (Fsp3) is 0.143. The van der Waals surface area contributed by atoms with E-state index in [2.05, 4.69) is 19.9 Å². The van der Waals surface area contributed by atoms with Crippen LogP contribution in [-0.4, -0.2) is 19.9 Å². The molecule has 0 saturated heterocycles. The summed E-state index contributed by atoms with van der Waals surface area (Å²) in [5.41, 5.74) is 1.71. The van der Waals surface area contributed by atoms with Gasteiger partial charge in [-0.05, 0) is 19.9 Å². The van der Waals surface area contributed by atoms with Crippen LogP contribution in [-0.2, 0) is 0 Å². The smallest absolute Gasteiger partial charge is 0.182 e. The van der Waals surface area contributed by atoms with E-state index < -0.39 is 17.5 Å².